The van der Waals surface area contributed by atoms with E-state index in [2.05, 4.69) is 4.72 Å². The Kier molecular flexibility index (Phi) is 4.93. The van der Waals surface area contributed by atoms with Crippen molar-refractivity contribution in [2.45, 2.75) is 4.90 Å². The minimum atomic E-state index is -3.92. The van der Waals surface area contributed by atoms with Gasteiger partial charge in [0.25, 0.3) is 10.0 Å². The van der Waals surface area contributed by atoms with E-state index in [0.717, 1.165) is 6.07 Å². The first-order chi connectivity index (χ1) is 11.5. The minimum absolute atomic E-state index is 0.143. The van der Waals surface area contributed by atoms with E-state index in [-0.39, 0.29) is 4.90 Å². The average Bonchev–Trinajstić information content (AvgIpc) is 2.55. The van der Waals surface area contributed by atoms with Gasteiger partial charge in [-0.25, -0.2) is 12.8 Å². The van der Waals surface area contributed by atoms with E-state index < -0.39 is 15.8 Å². The molecule has 5 nitrogen and oxygen atoms in total. The number of hydrogen-bond acceptors (Lipinski definition) is 4. The summed E-state index contributed by atoms with van der Waals surface area (Å²) in [5, 5.41) is 0.441. The van der Waals surface area contributed by atoms with Crippen LogP contribution in [0.2, 0.25) is 5.02 Å². The highest BCUT2D eigenvalue weighted by Crippen LogP contribution is 2.35. The lowest BCUT2D eigenvalue weighted by molar-refractivity contribution is 0.123. The van der Waals surface area contributed by atoms with E-state index in [1.807, 2.05) is 4.90 Å². The Bertz CT molecular complexity index is 839. The van der Waals surface area contributed by atoms with Gasteiger partial charge in [0.05, 0.1) is 34.5 Å². The third-order valence-electron chi connectivity index (χ3n) is 3.66. The first-order valence-electron chi connectivity index (χ1n) is 7.37. The molecular weight excluding hydrogens is 355 g/mol. The summed E-state index contributed by atoms with van der Waals surface area (Å²) in [6, 6.07) is 9.85. The average molecular weight is 371 g/mol. The van der Waals surface area contributed by atoms with Gasteiger partial charge >= 0.3 is 0 Å². The van der Waals surface area contributed by atoms with Crippen molar-refractivity contribution in [3.8, 4) is 0 Å². The molecule has 0 bridgehead atoms. The Morgan fingerprint density at radius 3 is 2.54 bits per heavy atom. The van der Waals surface area contributed by atoms with Gasteiger partial charge in [0.15, 0.2) is 0 Å². The Morgan fingerprint density at radius 2 is 1.83 bits per heavy atom. The lowest BCUT2D eigenvalue weighted by atomic mass is 10.2. The topological polar surface area (TPSA) is 58.6 Å². The number of anilines is 2. The predicted molar refractivity (Wildman–Crippen MR) is 91.7 cm³/mol. The maximum absolute atomic E-state index is 13.3. The van der Waals surface area contributed by atoms with E-state index in [1.165, 1.54) is 18.2 Å². The van der Waals surface area contributed by atoms with Crippen LogP contribution in [0.1, 0.15) is 0 Å². The fourth-order valence-electron chi connectivity index (χ4n) is 2.54. The highest BCUT2D eigenvalue weighted by Gasteiger charge is 2.22. The van der Waals surface area contributed by atoms with Crippen LogP contribution in [0, 0.1) is 5.82 Å². The first kappa shape index (κ1) is 17.0. The van der Waals surface area contributed by atoms with Gasteiger partial charge < -0.3 is 9.64 Å². The van der Waals surface area contributed by atoms with Gasteiger partial charge in [0, 0.05) is 13.1 Å². The molecule has 0 spiro atoms. The minimum Gasteiger partial charge on any atom is -0.378 e. The second-order valence-electron chi connectivity index (χ2n) is 5.30. The molecule has 1 aliphatic heterocycles. The third kappa shape index (κ3) is 3.63. The molecule has 1 fully saturated rings. The van der Waals surface area contributed by atoms with Crippen LogP contribution in [0.25, 0.3) is 0 Å². The van der Waals surface area contributed by atoms with Gasteiger partial charge in [-0.2, -0.15) is 0 Å². The van der Waals surface area contributed by atoms with Crippen LogP contribution >= 0.6 is 11.6 Å². The number of morpholine rings is 1. The van der Waals surface area contributed by atoms with Gasteiger partial charge in [-0.3, -0.25) is 4.72 Å². The zero-order valence-corrected chi connectivity index (χ0v) is 14.3. The molecule has 0 unspecified atom stereocenters. The van der Waals surface area contributed by atoms with Crippen LogP contribution < -0.4 is 9.62 Å². The highest BCUT2D eigenvalue weighted by molar-refractivity contribution is 7.92. The van der Waals surface area contributed by atoms with Gasteiger partial charge in [0.1, 0.15) is 5.82 Å². The van der Waals surface area contributed by atoms with E-state index >= 15 is 0 Å². The molecule has 0 aliphatic carbocycles. The number of halogens is 2. The zero-order valence-electron chi connectivity index (χ0n) is 12.7. The number of ether oxygens (including phenoxy) is 1. The summed E-state index contributed by atoms with van der Waals surface area (Å²) in [5.74, 6) is -0.614. The summed E-state index contributed by atoms with van der Waals surface area (Å²) < 4.78 is 46.2. The summed E-state index contributed by atoms with van der Waals surface area (Å²) in [7, 11) is -3.92. The van der Waals surface area contributed by atoms with Crippen LogP contribution in [-0.2, 0) is 14.8 Å². The SMILES string of the molecule is O=S(=O)(Nc1cccc(Cl)c1N1CCOCC1)c1cccc(F)c1. The van der Waals surface area contributed by atoms with Gasteiger partial charge in [-0.1, -0.05) is 23.7 Å². The smallest absolute Gasteiger partial charge is 0.262 e. The third-order valence-corrected chi connectivity index (χ3v) is 5.33. The quantitative estimate of drug-likeness (QED) is 0.898. The molecule has 128 valence electrons. The maximum Gasteiger partial charge on any atom is 0.262 e. The van der Waals surface area contributed by atoms with Crippen LogP contribution in [0.15, 0.2) is 47.4 Å². The number of sulfonamides is 1. The second-order valence-corrected chi connectivity index (χ2v) is 7.39. The molecule has 3 rings (SSSR count). The van der Waals surface area contributed by atoms with E-state index in [4.69, 9.17) is 16.3 Å². The fraction of sp³-hybridized carbons (Fsp3) is 0.250. The summed E-state index contributed by atoms with van der Waals surface area (Å²) in [6.45, 7) is 2.31. The van der Waals surface area contributed by atoms with Crippen molar-refractivity contribution in [3.63, 3.8) is 0 Å². The van der Waals surface area contributed by atoms with E-state index in [1.54, 1.807) is 18.2 Å². The summed E-state index contributed by atoms with van der Waals surface area (Å²) in [4.78, 5) is 1.82. The van der Waals surface area contributed by atoms with Crippen LogP contribution in [0.4, 0.5) is 15.8 Å². The molecular formula is C16H16ClFN2O3S. The molecule has 0 saturated carbocycles. The number of para-hydroxylation sites is 1. The molecule has 0 atom stereocenters. The molecule has 0 amide bonds. The molecule has 1 heterocycles. The van der Waals surface area contributed by atoms with Gasteiger partial charge in [0.2, 0.25) is 0 Å². The van der Waals surface area contributed by atoms with Crippen LogP contribution in [0.3, 0.4) is 0 Å². The van der Waals surface area contributed by atoms with Crippen LogP contribution in [-0.4, -0.2) is 34.7 Å². The molecule has 0 aromatic heterocycles. The van der Waals surface area contributed by atoms with Crippen molar-refractivity contribution >= 4 is 33.0 Å². The largest absolute Gasteiger partial charge is 0.378 e. The molecule has 2 aromatic rings. The first-order valence-corrected chi connectivity index (χ1v) is 9.23. The molecule has 0 radical (unpaired) electrons. The Balaban J connectivity index is 1.96. The molecule has 24 heavy (non-hydrogen) atoms. The number of benzene rings is 2. The highest BCUT2D eigenvalue weighted by atomic mass is 35.5. The number of nitrogens with one attached hydrogen (secondary N) is 1. The number of rotatable bonds is 4. The van der Waals surface area contributed by atoms with E-state index in [9.17, 15) is 12.8 Å². The van der Waals surface area contributed by atoms with Crippen molar-refractivity contribution in [2.24, 2.45) is 0 Å². The molecule has 1 aliphatic rings. The van der Waals surface area contributed by atoms with Gasteiger partial charge in [-0.15, -0.1) is 0 Å². The Morgan fingerprint density at radius 1 is 1.12 bits per heavy atom. The number of hydrogen-bond donors (Lipinski definition) is 1. The fourth-order valence-corrected chi connectivity index (χ4v) is 3.94. The molecule has 1 N–H and O–H groups in total. The monoisotopic (exact) mass is 370 g/mol. The lowest BCUT2D eigenvalue weighted by Crippen LogP contribution is -2.37. The summed E-state index contributed by atoms with van der Waals surface area (Å²) in [6.07, 6.45) is 0. The predicted octanol–water partition coefficient (Wildman–Crippen LogP) is 3.12. The van der Waals surface area contributed by atoms with Crippen molar-refractivity contribution < 1.29 is 17.5 Å². The second kappa shape index (κ2) is 6.96. The molecule has 2 aromatic carbocycles. The van der Waals surface area contributed by atoms with Crippen LogP contribution in [0.5, 0.6) is 0 Å². The van der Waals surface area contributed by atoms with E-state index in [0.29, 0.717) is 42.7 Å². The van der Waals surface area contributed by atoms with Crippen molar-refractivity contribution in [1.82, 2.24) is 0 Å². The normalized spacial score (nSPS) is 15.3. The maximum atomic E-state index is 13.3. The Labute approximate surface area is 145 Å². The molecule has 8 heteroatoms. The Hall–Kier alpha value is -1.83. The van der Waals surface area contributed by atoms with Gasteiger partial charge in [-0.05, 0) is 30.3 Å². The van der Waals surface area contributed by atoms with Crippen molar-refractivity contribution in [1.29, 1.82) is 0 Å². The number of nitrogens with zero attached hydrogens (tertiary/aromatic N) is 1. The summed E-state index contributed by atoms with van der Waals surface area (Å²) >= 11 is 6.29. The zero-order chi connectivity index (χ0) is 17.2. The lowest BCUT2D eigenvalue weighted by Gasteiger charge is -2.31. The molecule has 1 saturated heterocycles. The van der Waals surface area contributed by atoms with Crippen molar-refractivity contribution in [3.05, 3.63) is 53.3 Å². The standard InChI is InChI=1S/C16H16ClFN2O3S/c17-14-5-2-6-15(16(14)20-7-9-23-10-8-20)19-24(21,22)13-4-1-3-12(18)11-13/h1-6,11,19H,7-10H2. The van der Waals surface area contributed by atoms with Crippen molar-refractivity contribution in [2.75, 3.05) is 35.9 Å². The summed E-state index contributed by atoms with van der Waals surface area (Å²) in [5.41, 5.74) is 0.955.